The van der Waals surface area contributed by atoms with E-state index in [1.54, 1.807) is 12.1 Å². The standard InChI is InChI=1S/C16H17ClN2O2/c1-11-5-3-4-6-14(11)12(2)18-10-13-7-8-15(17)16(9-13)19(20)21/h3-9,12,18H,10H2,1-2H3/t12-/m1/s1. The van der Waals surface area contributed by atoms with Crippen molar-refractivity contribution in [2.24, 2.45) is 0 Å². The van der Waals surface area contributed by atoms with Gasteiger partial charge in [0.15, 0.2) is 0 Å². The molecule has 110 valence electrons. The Morgan fingerprint density at radius 3 is 2.67 bits per heavy atom. The van der Waals surface area contributed by atoms with Gasteiger partial charge in [-0.3, -0.25) is 10.1 Å². The normalized spacial score (nSPS) is 12.1. The highest BCUT2D eigenvalue weighted by atomic mass is 35.5. The molecule has 0 aliphatic heterocycles. The second-order valence-corrected chi connectivity index (χ2v) is 5.41. The van der Waals surface area contributed by atoms with E-state index in [4.69, 9.17) is 11.6 Å². The summed E-state index contributed by atoms with van der Waals surface area (Å²) in [5, 5.41) is 14.4. The van der Waals surface area contributed by atoms with Gasteiger partial charge in [-0.15, -0.1) is 0 Å². The summed E-state index contributed by atoms with van der Waals surface area (Å²) in [5.74, 6) is 0. The van der Waals surface area contributed by atoms with E-state index in [0.29, 0.717) is 6.54 Å². The maximum atomic E-state index is 10.9. The molecule has 0 saturated carbocycles. The van der Waals surface area contributed by atoms with E-state index in [9.17, 15) is 10.1 Å². The molecule has 0 spiro atoms. The fourth-order valence-corrected chi connectivity index (χ4v) is 2.45. The van der Waals surface area contributed by atoms with Gasteiger partial charge in [0.05, 0.1) is 4.92 Å². The van der Waals surface area contributed by atoms with Gasteiger partial charge < -0.3 is 5.32 Å². The molecular weight excluding hydrogens is 288 g/mol. The van der Waals surface area contributed by atoms with E-state index >= 15 is 0 Å². The van der Waals surface area contributed by atoms with E-state index in [1.165, 1.54) is 17.2 Å². The van der Waals surface area contributed by atoms with Crippen LogP contribution in [0, 0.1) is 17.0 Å². The Hall–Kier alpha value is -1.91. The Morgan fingerprint density at radius 1 is 1.29 bits per heavy atom. The third kappa shape index (κ3) is 3.80. The summed E-state index contributed by atoms with van der Waals surface area (Å²) in [7, 11) is 0. The second kappa shape index (κ2) is 6.70. The molecule has 0 fully saturated rings. The molecule has 0 unspecified atom stereocenters. The predicted octanol–water partition coefficient (Wildman–Crippen LogP) is 4.41. The average Bonchev–Trinajstić information content (AvgIpc) is 2.46. The monoisotopic (exact) mass is 304 g/mol. The predicted molar refractivity (Wildman–Crippen MR) is 84.5 cm³/mol. The number of nitrogens with one attached hydrogen (secondary N) is 1. The number of rotatable bonds is 5. The lowest BCUT2D eigenvalue weighted by Gasteiger charge is -2.16. The maximum Gasteiger partial charge on any atom is 0.288 e. The SMILES string of the molecule is Cc1ccccc1[C@@H](C)NCc1ccc(Cl)c([N+](=O)[O-])c1. The van der Waals surface area contributed by atoms with E-state index in [1.807, 2.05) is 12.1 Å². The molecule has 0 aliphatic rings. The molecule has 2 aromatic carbocycles. The fourth-order valence-electron chi connectivity index (χ4n) is 2.26. The van der Waals surface area contributed by atoms with E-state index in [-0.39, 0.29) is 16.8 Å². The van der Waals surface area contributed by atoms with Crippen LogP contribution >= 0.6 is 11.6 Å². The number of benzene rings is 2. The first kappa shape index (κ1) is 15.5. The van der Waals surface area contributed by atoms with Crippen LogP contribution in [0.1, 0.15) is 29.7 Å². The number of hydrogen-bond acceptors (Lipinski definition) is 3. The summed E-state index contributed by atoms with van der Waals surface area (Å²) in [6, 6.07) is 13.2. The van der Waals surface area contributed by atoms with E-state index < -0.39 is 4.92 Å². The molecule has 2 aromatic rings. The summed E-state index contributed by atoms with van der Waals surface area (Å²) in [6.07, 6.45) is 0. The Bertz CT molecular complexity index is 658. The fraction of sp³-hybridized carbons (Fsp3) is 0.250. The van der Waals surface area contributed by atoms with Crippen molar-refractivity contribution < 1.29 is 4.92 Å². The van der Waals surface area contributed by atoms with Crippen LogP contribution in [0.5, 0.6) is 0 Å². The van der Waals surface area contributed by atoms with Crippen molar-refractivity contribution in [1.82, 2.24) is 5.32 Å². The zero-order chi connectivity index (χ0) is 15.4. The minimum absolute atomic E-state index is 0.0560. The van der Waals surface area contributed by atoms with E-state index in [2.05, 4.69) is 31.3 Å². The van der Waals surface area contributed by atoms with Gasteiger partial charge in [0, 0.05) is 18.7 Å². The minimum Gasteiger partial charge on any atom is -0.306 e. The average molecular weight is 305 g/mol. The second-order valence-electron chi connectivity index (χ2n) is 5.00. The Kier molecular flexibility index (Phi) is 4.94. The molecule has 21 heavy (non-hydrogen) atoms. The van der Waals surface area contributed by atoms with Gasteiger partial charge in [0.2, 0.25) is 0 Å². The van der Waals surface area contributed by atoms with Gasteiger partial charge in [-0.25, -0.2) is 0 Å². The first-order valence-electron chi connectivity index (χ1n) is 6.70. The van der Waals surface area contributed by atoms with Gasteiger partial charge in [-0.1, -0.05) is 41.9 Å². The molecule has 1 N–H and O–H groups in total. The highest BCUT2D eigenvalue weighted by Crippen LogP contribution is 2.25. The number of nitrogens with zero attached hydrogens (tertiary/aromatic N) is 1. The van der Waals surface area contributed by atoms with Crippen LogP contribution in [0.3, 0.4) is 0 Å². The van der Waals surface area contributed by atoms with Crippen molar-refractivity contribution in [3.63, 3.8) is 0 Å². The van der Waals surface area contributed by atoms with Crippen molar-refractivity contribution in [2.45, 2.75) is 26.4 Å². The number of halogens is 1. The van der Waals surface area contributed by atoms with Gasteiger partial charge in [0.1, 0.15) is 5.02 Å². The molecule has 0 aromatic heterocycles. The van der Waals surface area contributed by atoms with Gasteiger partial charge in [0.25, 0.3) is 5.69 Å². The largest absolute Gasteiger partial charge is 0.306 e. The third-order valence-corrected chi connectivity index (χ3v) is 3.79. The number of nitro groups is 1. The van der Waals surface area contributed by atoms with Crippen LogP contribution in [0.4, 0.5) is 5.69 Å². The van der Waals surface area contributed by atoms with Crippen molar-refractivity contribution in [2.75, 3.05) is 0 Å². The summed E-state index contributed by atoms with van der Waals surface area (Å²) < 4.78 is 0. The molecule has 0 amide bonds. The van der Waals surface area contributed by atoms with Crippen molar-refractivity contribution in [3.05, 3.63) is 74.3 Å². The number of hydrogen-bond donors (Lipinski definition) is 1. The summed E-state index contributed by atoms with van der Waals surface area (Å²) in [6.45, 7) is 4.70. The first-order chi connectivity index (χ1) is 9.99. The molecule has 0 radical (unpaired) electrons. The molecule has 0 bridgehead atoms. The lowest BCUT2D eigenvalue weighted by molar-refractivity contribution is -0.384. The summed E-state index contributed by atoms with van der Waals surface area (Å²) >= 11 is 5.81. The zero-order valence-corrected chi connectivity index (χ0v) is 12.7. The van der Waals surface area contributed by atoms with Crippen LogP contribution in [-0.2, 0) is 6.54 Å². The molecule has 0 heterocycles. The lowest BCUT2D eigenvalue weighted by atomic mass is 10.0. The van der Waals surface area contributed by atoms with Crippen LogP contribution < -0.4 is 5.32 Å². The number of aryl methyl sites for hydroxylation is 1. The Balaban J connectivity index is 2.08. The summed E-state index contributed by atoms with van der Waals surface area (Å²) in [5.41, 5.74) is 3.23. The molecule has 2 rings (SSSR count). The van der Waals surface area contributed by atoms with Crippen LogP contribution in [0.2, 0.25) is 5.02 Å². The van der Waals surface area contributed by atoms with Crippen LogP contribution in [0.15, 0.2) is 42.5 Å². The molecule has 1 atom stereocenters. The third-order valence-electron chi connectivity index (χ3n) is 3.47. The summed E-state index contributed by atoms with van der Waals surface area (Å²) in [4.78, 5) is 10.4. The van der Waals surface area contributed by atoms with Crippen LogP contribution in [-0.4, -0.2) is 4.92 Å². The quantitative estimate of drug-likeness (QED) is 0.657. The molecule has 5 heteroatoms. The molecule has 4 nitrogen and oxygen atoms in total. The molecular formula is C16H17ClN2O2. The zero-order valence-electron chi connectivity index (χ0n) is 12.0. The van der Waals surface area contributed by atoms with Gasteiger partial charge in [-0.2, -0.15) is 0 Å². The molecule has 0 aliphatic carbocycles. The molecule has 0 saturated heterocycles. The van der Waals surface area contributed by atoms with Crippen molar-refractivity contribution in [1.29, 1.82) is 0 Å². The topological polar surface area (TPSA) is 55.2 Å². The highest BCUT2D eigenvalue weighted by Gasteiger charge is 2.13. The number of nitro benzene ring substituents is 1. The maximum absolute atomic E-state index is 10.9. The van der Waals surface area contributed by atoms with Gasteiger partial charge >= 0.3 is 0 Å². The van der Waals surface area contributed by atoms with Crippen molar-refractivity contribution in [3.8, 4) is 0 Å². The van der Waals surface area contributed by atoms with E-state index in [0.717, 1.165) is 5.56 Å². The lowest BCUT2D eigenvalue weighted by Crippen LogP contribution is -2.18. The first-order valence-corrected chi connectivity index (χ1v) is 7.08. The van der Waals surface area contributed by atoms with Gasteiger partial charge in [-0.05, 0) is 36.6 Å². The smallest absolute Gasteiger partial charge is 0.288 e. The van der Waals surface area contributed by atoms with Crippen molar-refractivity contribution >= 4 is 17.3 Å². The van der Waals surface area contributed by atoms with Crippen LogP contribution in [0.25, 0.3) is 0 Å². The minimum atomic E-state index is -0.462. The Morgan fingerprint density at radius 2 is 2.00 bits per heavy atom. The Labute approximate surface area is 128 Å². The highest BCUT2D eigenvalue weighted by molar-refractivity contribution is 6.32.